The van der Waals surface area contributed by atoms with Crippen molar-refractivity contribution in [3.05, 3.63) is 18.0 Å². The highest BCUT2D eigenvalue weighted by Crippen LogP contribution is 2.36. The summed E-state index contributed by atoms with van der Waals surface area (Å²) in [6, 6.07) is 0.918. The number of hydrogen-bond acceptors (Lipinski definition) is 3. The molecule has 1 heterocycles. The van der Waals surface area contributed by atoms with Crippen LogP contribution in [0.25, 0.3) is 0 Å². The minimum absolute atomic E-state index is 0.745. The number of hydrogen-bond donors (Lipinski definition) is 2. The van der Waals surface area contributed by atoms with Crippen LogP contribution in [0, 0.1) is 0 Å². The van der Waals surface area contributed by atoms with Gasteiger partial charge in [-0.2, -0.15) is 18.3 Å². The number of nitrogens with zero attached hydrogens (tertiary/aromatic N) is 2. The molecule has 5 nitrogen and oxygen atoms in total. The van der Waals surface area contributed by atoms with Gasteiger partial charge >= 0.3 is 12.1 Å². The van der Waals surface area contributed by atoms with E-state index < -0.39 is 23.4 Å². The fourth-order valence-corrected chi connectivity index (χ4v) is 1.00. The van der Waals surface area contributed by atoms with Gasteiger partial charge in [-0.25, -0.2) is 4.79 Å². The molecule has 0 bridgehead atoms. The average Bonchev–Trinajstić information content (AvgIpc) is 2.48. The van der Waals surface area contributed by atoms with Crippen molar-refractivity contribution in [3.63, 3.8) is 0 Å². The Kier molecular flexibility index (Phi) is 2.48. The van der Waals surface area contributed by atoms with Crippen molar-refractivity contribution in [2.75, 3.05) is 0 Å². The van der Waals surface area contributed by atoms with E-state index in [4.69, 9.17) is 10.8 Å². The second kappa shape index (κ2) is 3.23. The smallest absolute Gasteiger partial charge is 0.423 e. The Bertz CT molecular complexity index is 387. The topological polar surface area (TPSA) is 81.1 Å². The van der Waals surface area contributed by atoms with Gasteiger partial charge < -0.3 is 10.8 Å². The van der Waals surface area contributed by atoms with E-state index in [2.05, 4.69) is 5.10 Å². The summed E-state index contributed by atoms with van der Waals surface area (Å²) in [5.74, 6) is -2.19. The van der Waals surface area contributed by atoms with Gasteiger partial charge in [-0.15, -0.1) is 0 Å². The van der Waals surface area contributed by atoms with E-state index in [0.29, 0.717) is 0 Å². The van der Waals surface area contributed by atoms with Crippen LogP contribution in [-0.4, -0.2) is 27.0 Å². The lowest BCUT2D eigenvalue weighted by atomic mass is 9.96. The summed E-state index contributed by atoms with van der Waals surface area (Å²) in [5.41, 5.74) is 0.643. The normalized spacial score (nSPS) is 16.1. The van der Waals surface area contributed by atoms with Gasteiger partial charge in [0.2, 0.25) is 0 Å². The van der Waals surface area contributed by atoms with Crippen LogP contribution in [0.4, 0.5) is 13.2 Å². The van der Waals surface area contributed by atoms with E-state index in [1.807, 2.05) is 0 Å². The standard InChI is InChI=1S/C7H8F3N3O2/c1-13-3-2-4(12-13)6(11,5(14)15)7(8,9)10/h2-3H,11H2,1H3,(H,14,15). The van der Waals surface area contributed by atoms with E-state index in [9.17, 15) is 18.0 Å². The Balaban J connectivity index is 3.31. The zero-order valence-electron chi connectivity index (χ0n) is 7.62. The number of nitrogens with two attached hydrogens (primary N) is 1. The van der Waals surface area contributed by atoms with Gasteiger partial charge in [0.25, 0.3) is 5.54 Å². The molecule has 0 spiro atoms. The molecule has 0 saturated carbocycles. The Labute approximate surface area is 82.3 Å². The Hall–Kier alpha value is -1.57. The first kappa shape index (κ1) is 11.5. The van der Waals surface area contributed by atoms with Crippen LogP contribution >= 0.6 is 0 Å². The van der Waals surface area contributed by atoms with Gasteiger partial charge in [0, 0.05) is 13.2 Å². The molecule has 1 aromatic rings. The predicted octanol–water partition coefficient (Wildman–Crippen LogP) is 0.221. The quantitative estimate of drug-likeness (QED) is 0.751. The van der Waals surface area contributed by atoms with Crippen molar-refractivity contribution in [3.8, 4) is 0 Å². The molecule has 0 amide bonds. The van der Waals surface area contributed by atoms with Crippen LogP contribution in [0.1, 0.15) is 5.69 Å². The number of aryl methyl sites for hydroxylation is 1. The van der Waals surface area contributed by atoms with Gasteiger partial charge in [-0.3, -0.25) is 4.68 Å². The number of carbonyl (C=O) groups is 1. The monoisotopic (exact) mass is 223 g/mol. The summed E-state index contributed by atoms with van der Waals surface area (Å²) in [6.45, 7) is 0. The van der Waals surface area contributed by atoms with E-state index >= 15 is 0 Å². The van der Waals surface area contributed by atoms with Gasteiger partial charge in [-0.05, 0) is 6.07 Å². The van der Waals surface area contributed by atoms with Crippen molar-refractivity contribution in [1.82, 2.24) is 9.78 Å². The number of carboxylic acids is 1. The molecule has 0 radical (unpaired) electrons. The van der Waals surface area contributed by atoms with Crippen LogP contribution in [0.2, 0.25) is 0 Å². The lowest BCUT2D eigenvalue weighted by Gasteiger charge is -2.25. The summed E-state index contributed by atoms with van der Waals surface area (Å²) >= 11 is 0. The Morgan fingerprint density at radius 3 is 2.40 bits per heavy atom. The largest absolute Gasteiger partial charge is 0.479 e. The molecule has 0 aliphatic carbocycles. The lowest BCUT2D eigenvalue weighted by Crippen LogP contribution is -2.56. The molecule has 84 valence electrons. The van der Waals surface area contributed by atoms with E-state index in [0.717, 1.165) is 10.7 Å². The molecule has 0 aliphatic heterocycles. The number of carboxylic acid groups (broad SMARTS) is 1. The first-order chi connectivity index (χ1) is 6.69. The third-order valence-electron chi connectivity index (χ3n) is 1.90. The summed E-state index contributed by atoms with van der Waals surface area (Å²) < 4.78 is 38.5. The van der Waals surface area contributed by atoms with Crippen molar-refractivity contribution in [2.45, 2.75) is 11.7 Å². The molecule has 15 heavy (non-hydrogen) atoms. The van der Waals surface area contributed by atoms with Gasteiger partial charge in [0.15, 0.2) is 0 Å². The highest BCUT2D eigenvalue weighted by molar-refractivity contribution is 5.80. The second-order valence-corrected chi connectivity index (χ2v) is 2.99. The molecular formula is C7H8F3N3O2. The molecule has 0 saturated heterocycles. The number of aliphatic carboxylic acids is 1. The maximum atomic E-state index is 12.5. The van der Waals surface area contributed by atoms with Crippen LogP contribution in [0.3, 0.4) is 0 Å². The second-order valence-electron chi connectivity index (χ2n) is 2.99. The highest BCUT2D eigenvalue weighted by Gasteiger charge is 2.61. The molecule has 0 aromatic carbocycles. The molecule has 3 N–H and O–H groups in total. The highest BCUT2D eigenvalue weighted by atomic mass is 19.4. The summed E-state index contributed by atoms with van der Waals surface area (Å²) in [7, 11) is 1.36. The average molecular weight is 223 g/mol. The molecule has 1 atom stereocenters. The van der Waals surface area contributed by atoms with E-state index in [-0.39, 0.29) is 0 Å². The third-order valence-corrected chi connectivity index (χ3v) is 1.90. The van der Waals surface area contributed by atoms with Gasteiger partial charge in [-0.1, -0.05) is 0 Å². The molecule has 8 heteroatoms. The van der Waals surface area contributed by atoms with Crippen molar-refractivity contribution < 1.29 is 23.1 Å². The fraction of sp³-hybridized carbons (Fsp3) is 0.429. The molecule has 0 fully saturated rings. The third kappa shape index (κ3) is 1.67. The number of alkyl halides is 3. The van der Waals surface area contributed by atoms with Crippen LogP contribution < -0.4 is 5.73 Å². The molecule has 1 unspecified atom stereocenters. The summed E-state index contributed by atoms with van der Waals surface area (Å²) in [4.78, 5) is 10.6. The zero-order valence-corrected chi connectivity index (χ0v) is 7.62. The summed E-state index contributed by atoms with van der Waals surface area (Å²) in [5, 5.41) is 11.9. The molecule has 1 rings (SSSR count). The molecule has 1 aromatic heterocycles. The molecular weight excluding hydrogens is 215 g/mol. The van der Waals surface area contributed by atoms with Crippen LogP contribution in [-0.2, 0) is 17.4 Å². The SMILES string of the molecule is Cn1ccc(C(N)(C(=O)O)C(F)(F)F)n1. The molecule has 0 aliphatic rings. The first-order valence-electron chi connectivity index (χ1n) is 3.78. The number of aromatic nitrogens is 2. The van der Waals surface area contributed by atoms with E-state index in [1.54, 1.807) is 0 Å². The summed E-state index contributed by atoms with van der Waals surface area (Å²) in [6.07, 6.45) is -3.92. The number of halogens is 3. The first-order valence-corrected chi connectivity index (χ1v) is 3.78. The lowest BCUT2D eigenvalue weighted by molar-refractivity contribution is -0.205. The van der Waals surface area contributed by atoms with Crippen LogP contribution in [0.15, 0.2) is 12.3 Å². The Morgan fingerprint density at radius 1 is 1.60 bits per heavy atom. The fourth-order valence-electron chi connectivity index (χ4n) is 1.00. The maximum Gasteiger partial charge on any atom is 0.423 e. The maximum absolute atomic E-state index is 12.5. The van der Waals surface area contributed by atoms with E-state index in [1.165, 1.54) is 13.2 Å². The van der Waals surface area contributed by atoms with Crippen LogP contribution in [0.5, 0.6) is 0 Å². The van der Waals surface area contributed by atoms with Crippen molar-refractivity contribution in [2.24, 2.45) is 12.8 Å². The van der Waals surface area contributed by atoms with Gasteiger partial charge in [0.1, 0.15) is 5.69 Å². The number of rotatable bonds is 2. The predicted molar refractivity (Wildman–Crippen MR) is 42.8 cm³/mol. The zero-order chi connectivity index (χ0) is 11.9. The van der Waals surface area contributed by atoms with Crippen molar-refractivity contribution in [1.29, 1.82) is 0 Å². The minimum atomic E-state index is -5.10. The van der Waals surface area contributed by atoms with Gasteiger partial charge in [0.05, 0.1) is 0 Å². The van der Waals surface area contributed by atoms with Crippen molar-refractivity contribution >= 4 is 5.97 Å². The Morgan fingerprint density at radius 2 is 2.13 bits per heavy atom. The minimum Gasteiger partial charge on any atom is -0.479 e.